The van der Waals surface area contributed by atoms with Crippen molar-refractivity contribution in [2.24, 2.45) is 0 Å². The van der Waals surface area contributed by atoms with Crippen LogP contribution in [0, 0.1) is 5.82 Å². The van der Waals surface area contributed by atoms with Gasteiger partial charge in [0.2, 0.25) is 5.91 Å². The molecule has 0 aliphatic rings. The number of hydrogen-bond donors (Lipinski definition) is 1. The van der Waals surface area contributed by atoms with E-state index >= 15 is 0 Å². The molecular formula is C15H15FN2O. The SMILES string of the molecule is O=C(Cc1ccc(F)cc1)NCCc1ccccn1. The lowest BCUT2D eigenvalue weighted by Gasteiger charge is -2.05. The number of carbonyl (C=O) groups excluding carboxylic acids is 1. The Morgan fingerprint density at radius 1 is 1.16 bits per heavy atom. The summed E-state index contributed by atoms with van der Waals surface area (Å²) < 4.78 is 12.7. The molecule has 0 fully saturated rings. The molecule has 0 radical (unpaired) electrons. The maximum Gasteiger partial charge on any atom is 0.224 e. The third-order valence-corrected chi connectivity index (χ3v) is 2.71. The minimum absolute atomic E-state index is 0.0671. The molecule has 4 heteroatoms. The number of aromatic nitrogens is 1. The van der Waals surface area contributed by atoms with Gasteiger partial charge >= 0.3 is 0 Å². The van der Waals surface area contributed by atoms with Crippen LogP contribution in [-0.4, -0.2) is 17.4 Å². The Balaban J connectivity index is 1.74. The number of nitrogens with zero attached hydrogens (tertiary/aromatic N) is 1. The molecule has 0 saturated carbocycles. The van der Waals surface area contributed by atoms with Gasteiger partial charge in [-0.15, -0.1) is 0 Å². The highest BCUT2D eigenvalue weighted by Gasteiger charge is 2.03. The first-order chi connectivity index (χ1) is 9.24. The zero-order valence-electron chi connectivity index (χ0n) is 10.5. The van der Waals surface area contributed by atoms with Gasteiger partial charge in [-0.3, -0.25) is 9.78 Å². The molecule has 19 heavy (non-hydrogen) atoms. The Kier molecular flexibility index (Phi) is 4.61. The van der Waals surface area contributed by atoms with Crippen LogP contribution in [0.4, 0.5) is 4.39 Å². The van der Waals surface area contributed by atoms with Crippen molar-refractivity contribution in [2.75, 3.05) is 6.54 Å². The minimum Gasteiger partial charge on any atom is -0.355 e. The van der Waals surface area contributed by atoms with Gasteiger partial charge in [0.1, 0.15) is 5.82 Å². The van der Waals surface area contributed by atoms with Crippen molar-refractivity contribution in [3.05, 3.63) is 65.7 Å². The summed E-state index contributed by atoms with van der Waals surface area (Å²) in [5.74, 6) is -0.359. The smallest absolute Gasteiger partial charge is 0.224 e. The Bertz CT molecular complexity index is 526. The molecule has 0 bridgehead atoms. The number of rotatable bonds is 5. The highest BCUT2D eigenvalue weighted by Crippen LogP contribution is 2.03. The summed E-state index contributed by atoms with van der Waals surface area (Å²) in [4.78, 5) is 15.8. The van der Waals surface area contributed by atoms with Crippen LogP contribution in [0.15, 0.2) is 48.7 Å². The number of halogens is 1. The predicted molar refractivity (Wildman–Crippen MR) is 71.1 cm³/mol. The van der Waals surface area contributed by atoms with E-state index in [0.717, 1.165) is 11.3 Å². The molecule has 0 spiro atoms. The second-order valence-corrected chi connectivity index (χ2v) is 4.22. The summed E-state index contributed by atoms with van der Waals surface area (Å²) in [6.45, 7) is 0.553. The molecule has 1 heterocycles. The van der Waals surface area contributed by atoms with Crippen LogP contribution in [0.2, 0.25) is 0 Å². The quantitative estimate of drug-likeness (QED) is 0.892. The van der Waals surface area contributed by atoms with Gasteiger partial charge in [-0.25, -0.2) is 4.39 Å². The largest absolute Gasteiger partial charge is 0.355 e. The third-order valence-electron chi connectivity index (χ3n) is 2.71. The lowest BCUT2D eigenvalue weighted by atomic mass is 10.1. The van der Waals surface area contributed by atoms with Gasteiger partial charge in [-0.05, 0) is 29.8 Å². The van der Waals surface area contributed by atoms with E-state index in [4.69, 9.17) is 0 Å². The van der Waals surface area contributed by atoms with Crippen LogP contribution in [0.1, 0.15) is 11.3 Å². The first kappa shape index (κ1) is 13.2. The molecule has 1 N–H and O–H groups in total. The maximum absolute atomic E-state index is 12.7. The lowest BCUT2D eigenvalue weighted by Crippen LogP contribution is -2.27. The van der Waals surface area contributed by atoms with E-state index in [1.807, 2.05) is 18.2 Å². The Labute approximate surface area is 111 Å². The van der Waals surface area contributed by atoms with E-state index in [-0.39, 0.29) is 18.1 Å². The summed E-state index contributed by atoms with van der Waals surface area (Å²) in [5, 5.41) is 2.82. The second-order valence-electron chi connectivity index (χ2n) is 4.22. The van der Waals surface area contributed by atoms with Crippen LogP contribution >= 0.6 is 0 Å². The second kappa shape index (κ2) is 6.64. The minimum atomic E-state index is -0.292. The molecule has 0 saturated heterocycles. The number of nitrogens with one attached hydrogen (secondary N) is 1. The van der Waals surface area contributed by atoms with Crippen LogP contribution in [0.5, 0.6) is 0 Å². The van der Waals surface area contributed by atoms with Crippen molar-refractivity contribution >= 4 is 5.91 Å². The monoisotopic (exact) mass is 258 g/mol. The van der Waals surface area contributed by atoms with Crippen LogP contribution < -0.4 is 5.32 Å². The Morgan fingerprint density at radius 3 is 2.63 bits per heavy atom. The van der Waals surface area contributed by atoms with Crippen LogP contribution in [0.3, 0.4) is 0 Å². The fourth-order valence-electron chi connectivity index (χ4n) is 1.73. The summed E-state index contributed by atoms with van der Waals surface area (Å²) in [5.41, 5.74) is 1.75. The lowest BCUT2D eigenvalue weighted by molar-refractivity contribution is -0.120. The summed E-state index contributed by atoms with van der Waals surface area (Å²) in [7, 11) is 0. The van der Waals surface area contributed by atoms with Crippen molar-refractivity contribution in [1.29, 1.82) is 0 Å². The highest BCUT2D eigenvalue weighted by atomic mass is 19.1. The molecule has 0 unspecified atom stereocenters. The van der Waals surface area contributed by atoms with Gasteiger partial charge < -0.3 is 5.32 Å². The van der Waals surface area contributed by atoms with E-state index in [2.05, 4.69) is 10.3 Å². The number of benzene rings is 1. The molecule has 0 aliphatic heterocycles. The summed E-state index contributed by atoms with van der Waals surface area (Å²) in [6.07, 6.45) is 2.70. The molecule has 3 nitrogen and oxygen atoms in total. The molecule has 0 atom stereocenters. The molecule has 98 valence electrons. The van der Waals surface area contributed by atoms with Gasteiger partial charge in [0.25, 0.3) is 0 Å². The zero-order valence-corrected chi connectivity index (χ0v) is 10.5. The number of amides is 1. The van der Waals surface area contributed by atoms with Crippen LogP contribution in [0.25, 0.3) is 0 Å². The topological polar surface area (TPSA) is 42.0 Å². The number of hydrogen-bond acceptors (Lipinski definition) is 2. The normalized spacial score (nSPS) is 10.2. The zero-order chi connectivity index (χ0) is 13.5. The van der Waals surface area contributed by atoms with E-state index in [9.17, 15) is 9.18 Å². The summed E-state index contributed by atoms with van der Waals surface area (Å²) in [6, 6.07) is 11.7. The van der Waals surface area contributed by atoms with Crippen molar-refractivity contribution < 1.29 is 9.18 Å². The molecule has 2 aromatic rings. The standard InChI is InChI=1S/C15H15FN2O/c16-13-6-4-12(5-7-13)11-15(19)18-10-8-14-3-1-2-9-17-14/h1-7,9H,8,10-11H2,(H,18,19). The van der Waals surface area contributed by atoms with Crippen molar-refractivity contribution in [3.63, 3.8) is 0 Å². The molecular weight excluding hydrogens is 243 g/mol. The van der Waals surface area contributed by atoms with E-state index in [0.29, 0.717) is 13.0 Å². The molecule has 1 amide bonds. The first-order valence-electron chi connectivity index (χ1n) is 6.15. The van der Waals surface area contributed by atoms with E-state index in [1.54, 1.807) is 18.3 Å². The molecule has 2 rings (SSSR count). The van der Waals surface area contributed by atoms with Crippen molar-refractivity contribution in [3.8, 4) is 0 Å². The van der Waals surface area contributed by atoms with Crippen LogP contribution in [-0.2, 0) is 17.6 Å². The maximum atomic E-state index is 12.7. The average molecular weight is 258 g/mol. The Morgan fingerprint density at radius 2 is 1.95 bits per heavy atom. The van der Waals surface area contributed by atoms with E-state index < -0.39 is 0 Å². The molecule has 0 aliphatic carbocycles. The predicted octanol–water partition coefficient (Wildman–Crippen LogP) is 2.12. The third kappa shape index (κ3) is 4.50. The fraction of sp³-hybridized carbons (Fsp3) is 0.200. The Hall–Kier alpha value is -2.23. The van der Waals surface area contributed by atoms with Gasteiger partial charge in [0, 0.05) is 24.9 Å². The van der Waals surface area contributed by atoms with E-state index in [1.165, 1.54) is 12.1 Å². The van der Waals surface area contributed by atoms with Crippen molar-refractivity contribution in [1.82, 2.24) is 10.3 Å². The number of carbonyl (C=O) groups is 1. The fourth-order valence-corrected chi connectivity index (χ4v) is 1.73. The van der Waals surface area contributed by atoms with Gasteiger partial charge in [-0.1, -0.05) is 18.2 Å². The first-order valence-corrected chi connectivity index (χ1v) is 6.15. The number of pyridine rings is 1. The average Bonchev–Trinajstić information content (AvgIpc) is 2.43. The van der Waals surface area contributed by atoms with Gasteiger partial charge in [-0.2, -0.15) is 0 Å². The van der Waals surface area contributed by atoms with Gasteiger partial charge in [0.15, 0.2) is 0 Å². The summed E-state index contributed by atoms with van der Waals surface area (Å²) >= 11 is 0. The molecule has 1 aromatic carbocycles. The molecule has 1 aromatic heterocycles. The van der Waals surface area contributed by atoms with Gasteiger partial charge in [0.05, 0.1) is 6.42 Å². The highest BCUT2D eigenvalue weighted by molar-refractivity contribution is 5.78. The van der Waals surface area contributed by atoms with Crippen molar-refractivity contribution in [2.45, 2.75) is 12.8 Å².